The summed E-state index contributed by atoms with van der Waals surface area (Å²) >= 11 is 3.94. The maximum Gasteiger partial charge on any atom is 0.145 e. The summed E-state index contributed by atoms with van der Waals surface area (Å²) in [7, 11) is 0. The van der Waals surface area contributed by atoms with Crippen LogP contribution < -0.4 is 0 Å². The number of hydrogen-bond donors (Lipinski definition) is 1. The van der Waals surface area contributed by atoms with Crippen LogP contribution in [0.5, 0.6) is 0 Å². The molecule has 10 heavy (non-hydrogen) atoms. The van der Waals surface area contributed by atoms with Gasteiger partial charge in [0.15, 0.2) is 0 Å². The van der Waals surface area contributed by atoms with Gasteiger partial charge < -0.3 is 4.74 Å². The second-order valence-corrected chi connectivity index (χ2v) is 2.83. The van der Waals surface area contributed by atoms with E-state index in [2.05, 4.69) is 12.6 Å². The molecule has 0 aromatic heterocycles. The smallest absolute Gasteiger partial charge is 0.145 e. The van der Waals surface area contributed by atoms with Crippen LogP contribution in [0, 0.1) is 5.92 Å². The summed E-state index contributed by atoms with van der Waals surface area (Å²) in [6, 6.07) is 0. The standard InChI is InChI=1S/C7H12O2S/c8-7(5-10)6-1-3-9-4-2-6/h6,10H,1-5H2. The summed E-state index contributed by atoms with van der Waals surface area (Å²) in [6.45, 7) is 1.48. The molecule has 2 nitrogen and oxygen atoms in total. The van der Waals surface area contributed by atoms with E-state index in [1.165, 1.54) is 0 Å². The molecule has 0 radical (unpaired) electrons. The fourth-order valence-corrected chi connectivity index (χ4v) is 1.41. The quantitative estimate of drug-likeness (QED) is 0.608. The molecular formula is C7H12O2S. The third-order valence-electron chi connectivity index (χ3n) is 1.83. The van der Waals surface area contributed by atoms with E-state index < -0.39 is 0 Å². The summed E-state index contributed by atoms with van der Waals surface area (Å²) < 4.78 is 5.12. The van der Waals surface area contributed by atoms with E-state index in [0.29, 0.717) is 5.75 Å². The normalized spacial score (nSPS) is 20.9. The Balaban J connectivity index is 2.31. The predicted molar refractivity (Wildman–Crippen MR) is 42.4 cm³/mol. The minimum atomic E-state index is 0.228. The largest absolute Gasteiger partial charge is 0.381 e. The molecule has 1 heterocycles. The zero-order valence-corrected chi connectivity index (χ0v) is 6.77. The summed E-state index contributed by atoms with van der Waals surface area (Å²) in [6.07, 6.45) is 1.78. The second-order valence-electron chi connectivity index (χ2n) is 2.51. The van der Waals surface area contributed by atoms with Crippen molar-refractivity contribution in [1.82, 2.24) is 0 Å². The van der Waals surface area contributed by atoms with Gasteiger partial charge >= 0.3 is 0 Å². The van der Waals surface area contributed by atoms with Crippen molar-refractivity contribution in [3.63, 3.8) is 0 Å². The van der Waals surface area contributed by atoms with Gasteiger partial charge in [-0.05, 0) is 12.8 Å². The number of rotatable bonds is 2. The Labute approximate surface area is 66.4 Å². The van der Waals surface area contributed by atoms with Crippen LogP contribution >= 0.6 is 12.6 Å². The Bertz CT molecular complexity index is 119. The molecule has 0 aromatic carbocycles. The first-order chi connectivity index (χ1) is 4.84. The highest BCUT2D eigenvalue weighted by Crippen LogP contribution is 2.15. The Morgan fingerprint density at radius 3 is 2.60 bits per heavy atom. The minimum Gasteiger partial charge on any atom is -0.381 e. The van der Waals surface area contributed by atoms with Crippen molar-refractivity contribution in [2.75, 3.05) is 19.0 Å². The second kappa shape index (κ2) is 3.98. The summed E-state index contributed by atoms with van der Waals surface area (Å²) in [5.41, 5.74) is 0. The average Bonchev–Trinajstić information content (AvgIpc) is 2.05. The van der Waals surface area contributed by atoms with Crippen LogP contribution in [-0.4, -0.2) is 24.7 Å². The summed E-state index contributed by atoms with van der Waals surface area (Å²) in [5, 5.41) is 0. The molecule has 1 fully saturated rings. The number of ether oxygens (including phenoxy) is 1. The van der Waals surface area contributed by atoms with Gasteiger partial charge in [-0.1, -0.05) is 0 Å². The average molecular weight is 160 g/mol. The number of hydrogen-bond acceptors (Lipinski definition) is 3. The molecule has 1 saturated heterocycles. The van der Waals surface area contributed by atoms with Crippen molar-refractivity contribution in [1.29, 1.82) is 0 Å². The molecule has 0 N–H and O–H groups in total. The zero-order valence-electron chi connectivity index (χ0n) is 5.88. The van der Waals surface area contributed by atoms with Crippen LogP contribution in [0.25, 0.3) is 0 Å². The third kappa shape index (κ3) is 1.99. The Morgan fingerprint density at radius 1 is 1.50 bits per heavy atom. The maximum atomic E-state index is 11.0. The molecule has 0 aliphatic carbocycles. The van der Waals surface area contributed by atoms with Crippen molar-refractivity contribution in [3.8, 4) is 0 Å². The molecule has 58 valence electrons. The van der Waals surface area contributed by atoms with Gasteiger partial charge in [-0.2, -0.15) is 12.6 Å². The van der Waals surface area contributed by atoms with Crippen LogP contribution in [0.1, 0.15) is 12.8 Å². The van der Waals surface area contributed by atoms with Gasteiger partial charge in [0, 0.05) is 24.9 Å². The van der Waals surface area contributed by atoms with Gasteiger partial charge in [-0.3, -0.25) is 4.79 Å². The number of ketones is 1. The molecule has 0 unspecified atom stereocenters. The van der Waals surface area contributed by atoms with E-state index in [1.54, 1.807) is 0 Å². The number of thiol groups is 1. The van der Waals surface area contributed by atoms with Crippen molar-refractivity contribution < 1.29 is 9.53 Å². The monoisotopic (exact) mass is 160 g/mol. The molecule has 0 bridgehead atoms. The van der Waals surface area contributed by atoms with Crippen LogP contribution in [0.3, 0.4) is 0 Å². The van der Waals surface area contributed by atoms with Gasteiger partial charge in [0.2, 0.25) is 0 Å². The molecule has 0 amide bonds. The first kappa shape index (κ1) is 8.08. The van der Waals surface area contributed by atoms with Crippen LogP contribution in [-0.2, 0) is 9.53 Å². The third-order valence-corrected chi connectivity index (χ3v) is 2.14. The first-order valence-electron chi connectivity index (χ1n) is 3.56. The molecular weight excluding hydrogens is 148 g/mol. The van der Waals surface area contributed by atoms with E-state index in [1.807, 2.05) is 0 Å². The molecule has 1 aliphatic heterocycles. The Kier molecular flexibility index (Phi) is 3.22. The van der Waals surface area contributed by atoms with Crippen molar-refractivity contribution in [2.45, 2.75) is 12.8 Å². The van der Waals surface area contributed by atoms with Gasteiger partial charge in [0.1, 0.15) is 5.78 Å². The van der Waals surface area contributed by atoms with Crippen molar-refractivity contribution in [2.24, 2.45) is 5.92 Å². The lowest BCUT2D eigenvalue weighted by molar-refractivity contribution is -0.123. The highest BCUT2D eigenvalue weighted by molar-refractivity contribution is 7.81. The highest BCUT2D eigenvalue weighted by Gasteiger charge is 2.19. The lowest BCUT2D eigenvalue weighted by Gasteiger charge is -2.19. The lowest BCUT2D eigenvalue weighted by atomic mass is 9.96. The maximum absolute atomic E-state index is 11.0. The Hall–Kier alpha value is -0.0200. The minimum absolute atomic E-state index is 0.228. The topological polar surface area (TPSA) is 26.3 Å². The molecule has 3 heteroatoms. The van der Waals surface area contributed by atoms with E-state index in [9.17, 15) is 4.79 Å². The van der Waals surface area contributed by atoms with E-state index in [-0.39, 0.29) is 11.7 Å². The van der Waals surface area contributed by atoms with Gasteiger partial charge in [0.25, 0.3) is 0 Å². The van der Waals surface area contributed by atoms with Crippen molar-refractivity contribution in [3.05, 3.63) is 0 Å². The van der Waals surface area contributed by atoms with Gasteiger partial charge in [-0.15, -0.1) is 0 Å². The zero-order chi connectivity index (χ0) is 7.40. The van der Waals surface area contributed by atoms with Crippen LogP contribution in [0.15, 0.2) is 0 Å². The Morgan fingerprint density at radius 2 is 2.10 bits per heavy atom. The van der Waals surface area contributed by atoms with Crippen LogP contribution in [0.2, 0.25) is 0 Å². The predicted octanol–water partition coefficient (Wildman–Crippen LogP) is 0.912. The highest BCUT2D eigenvalue weighted by atomic mass is 32.1. The molecule has 0 saturated carbocycles. The molecule has 1 aliphatic rings. The van der Waals surface area contributed by atoms with Crippen LogP contribution in [0.4, 0.5) is 0 Å². The SMILES string of the molecule is O=C(CS)C1CCOCC1. The number of carbonyl (C=O) groups excluding carboxylic acids is 1. The van der Waals surface area contributed by atoms with Gasteiger partial charge in [0.05, 0.1) is 0 Å². The van der Waals surface area contributed by atoms with E-state index in [0.717, 1.165) is 26.1 Å². The first-order valence-corrected chi connectivity index (χ1v) is 4.19. The summed E-state index contributed by atoms with van der Waals surface area (Å²) in [4.78, 5) is 11.0. The summed E-state index contributed by atoms with van der Waals surface area (Å²) in [5.74, 6) is 0.878. The number of Topliss-reactive ketones (excluding diaryl/α,β-unsaturated/α-hetero) is 1. The lowest BCUT2D eigenvalue weighted by Crippen LogP contribution is -2.24. The molecule has 0 aromatic rings. The van der Waals surface area contributed by atoms with E-state index >= 15 is 0 Å². The fraction of sp³-hybridized carbons (Fsp3) is 0.857. The molecule has 1 rings (SSSR count). The number of carbonyl (C=O) groups is 1. The fourth-order valence-electron chi connectivity index (χ4n) is 1.15. The van der Waals surface area contributed by atoms with Gasteiger partial charge in [-0.25, -0.2) is 0 Å². The van der Waals surface area contributed by atoms with Crippen molar-refractivity contribution >= 4 is 18.4 Å². The molecule has 0 spiro atoms. The van der Waals surface area contributed by atoms with E-state index in [4.69, 9.17) is 4.74 Å². The molecule has 0 atom stereocenters.